The third-order valence-corrected chi connectivity index (χ3v) is 3.68. The van der Waals surface area contributed by atoms with Crippen LogP contribution in [0.25, 0.3) is 0 Å². The summed E-state index contributed by atoms with van der Waals surface area (Å²) in [7, 11) is 1.60. The first-order valence-corrected chi connectivity index (χ1v) is 7.55. The van der Waals surface area contributed by atoms with E-state index in [4.69, 9.17) is 9.47 Å². The van der Waals surface area contributed by atoms with Crippen molar-refractivity contribution < 1.29 is 14.3 Å². The van der Waals surface area contributed by atoms with Gasteiger partial charge >= 0.3 is 0 Å². The molecule has 1 atom stereocenters. The Kier molecular flexibility index (Phi) is 5.83. The molecule has 1 N–H and O–H groups in total. The highest BCUT2D eigenvalue weighted by Crippen LogP contribution is 2.28. The lowest BCUT2D eigenvalue weighted by molar-refractivity contribution is -0.134. The summed E-state index contributed by atoms with van der Waals surface area (Å²) in [5, 5.41) is 3.31. The van der Waals surface area contributed by atoms with Gasteiger partial charge in [-0.15, -0.1) is 6.58 Å². The number of methoxy groups -OCH3 is 1. The molecule has 1 fully saturated rings. The van der Waals surface area contributed by atoms with Gasteiger partial charge in [0.1, 0.15) is 0 Å². The molecular formula is C17H24N2O3. The molecule has 0 radical (unpaired) electrons. The topological polar surface area (TPSA) is 50.8 Å². The number of hydrogen-bond donors (Lipinski definition) is 1. The first-order chi connectivity index (χ1) is 10.6. The van der Waals surface area contributed by atoms with E-state index in [-0.39, 0.29) is 12.5 Å². The van der Waals surface area contributed by atoms with Crippen LogP contribution in [0.1, 0.15) is 12.5 Å². The highest BCUT2D eigenvalue weighted by atomic mass is 16.5. The molecule has 1 amide bonds. The molecule has 1 aromatic carbocycles. The SMILES string of the molecule is C=CCc1ccc(OCC(=O)N2CCNC(C)C2)c(OC)c1. The van der Waals surface area contributed by atoms with Crippen molar-refractivity contribution in [3.05, 3.63) is 36.4 Å². The number of amides is 1. The highest BCUT2D eigenvalue weighted by Gasteiger charge is 2.21. The number of piperazine rings is 1. The number of nitrogens with zero attached hydrogens (tertiary/aromatic N) is 1. The number of benzene rings is 1. The van der Waals surface area contributed by atoms with E-state index in [9.17, 15) is 4.79 Å². The second kappa shape index (κ2) is 7.84. The van der Waals surface area contributed by atoms with Gasteiger partial charge in [-0.05, 0) is 31.0 Å². The highest BCUT2D eigenvalue weighted by molar-refractivity contribution is 5.78. The molecule has 0 bridgehead atoms. The van der Waals surface area contributed by atoms with Crippen LogP contribution in [0.3, 0.4) is 0 Å². The minimum atomic E-state index is 0.00516. The van der Waals surface area contributed by atoms with Crippen molar-refractivity contribution in [1.29, 1.82) is 0 Å². The fraction of sp³-hybridized carbons (Fsp3) is 0.471. The number of hydrogen-bond acceptors (Lipinski definition) is 4. The zero-order chi connectivity index (χ0) is 15.9. The van der Waals surface area contributed by atoms with Gasteiger partial charge in [0.25, 0.3) is 5.91 Å². The Morgan fingerprint density at radius 3 is 3.00 bits per heavy atom. The summed E-state index contributed by atoms with van der Waals surface area (Å²) in [5.74, 6) is 1.23. The van der Waals surface area contributed by atoms with Crippen LogP contribution in [-0.2, 0) is 11.2 Å². The Bertz CT molecular complexity index is 531. The summed E-state index contributed by atoms with van der Waals surface area (Å²) in [4.78, 5) is 14.0. The lowest BCUT2D eigenvalue weighted by atomic mass is 10.1. The maximum atomic E-state index is 12.2. The van der Waals surface area contributed by atoms with Gasteiger partial charge in [0.15, 0.2) is 18.1 Å². The van der Waals surface area contributed by atoms with E-state index in [2.05, 4.69) is 18.8 Å². The maximum Gasteiger partial charge on any atom is 0.260 e. The van der Waals surface area contributed by atoms with Crippen molar-refractivity contribution >= 4 is 5.91 Å². The Labute approximate surface area is 131 Å². The largest absolute Gasteiger partial charge is 0.493 e. The van der Waals surface area contributed by atoms with Gasteiger partial charge in [-0.3, -0.25) is 4.79 Å². The summed E-state index contributed by atoms with van der Waals surface area (Å²) in [6, 6.07) is 6.03. The number of nitrogens with one attached hydrogen (secondary N) is 1. The molecule has 5 heteroatoms. The summed E-state index contributed by atoms with van der Waals surface area (Å²) >= 11 is 0. The smallest absolute Gasteiger partial charge is 0.260 e. The average molecular weight is 304 g/mol. The first kappa shape index (κ1) is 16.4. The molecule has 1 heterocycles. The van der Waals surface area contributed by atoms with Gasteiger partial charge in [0, 0.05) is 25.7 Å². The fourth-order valence-electron chi connectivity index (χ4n) is 2.51. The standard InChI is InChI=1S/C17H24N2O3/c1-4-5-14-6-7-15(16(10-14)21-3)22-12-17(20)19-9-8-18-13(2)11-19/h4,6-7,10,13,18H,1,5,8-9,11-12H2,2-3H3. The summed E-state index contributed by atoms with van der Waals surface area (Å²) < 4.78 is 11.0. The number of rotatable bonds is 6. The number of ether oxygens (including phenoxy) is 2. The van der Waals surface area contributed by atoms with Crippen LogP contribution in [0.5, 0.6) is 11.5 Å². The van der Waals surface area contributed by atoms with E-state index in [1.807, 2.05) is 29.2 Å². The van der Waals surface area contributed by atoms with E-state index < -0.39 is 0 Å². The Morgan fingerprint density at radius 2 is 2.32 bits per heavy atom. The molecule has 120 valence electrons. The zero-order valence-electron chi connectivity index (χ0n) is 13.3. The minimum Gasteiger partial charge on any atom is -0.493 e. The molecule has 0 saturated carbocycles. The number of carbonyl (C=O) groups excluding carboxylic acids is 1. The molecule has 1 aliphatic heterocycles. The Hall–Kier alpha value is -2.01. The van der Waals surface area contributed by atoms with Crippen LogP contribution in [0.2, 0.25) is 0 Å². The predicted octanol–water partition coefficient (Wildman–Crippen LogP) is 1.62. The number of carbonyl (C=O) groups is 1. The monoisotopic (exact) mass is 304 g/mol. The van der Waals surface area contributed by atoms with Crippen LogP contribution in [0.4, 0.5) is 0 Å². The predicted molar refractivity (Wildman–Crippen MR) is 86.4 cm³/mol. The average Bonchev–Trinajstić information content (AvgIpc) is 2.53. The molecule has 1 aromatic rings. The lowest BCUT2D eigenvalue weighted by Gasteiger charge is -2.31. The Balaban J connectivity index is 1.95. The van der Waals surface area contributed by atoms with Gasteiger partial charge in [-0.2, -0.15) is 0 Å². The molecule has 1 aliphatic rings. The van der Waals surface area contributed by atoms with Crippen LogP contribution in [0.15, 0.2) is 30.9 Å². The van der Waals surface area contributed by atoms with E-state index in [1.165, 1.54) is 0 Å². The molecular weight excluding hydrogens is 280 g/mol. The van der Waals surface area contributed by atoms with E-state index in [0.717, 1.165) is 31.6 Å². The summed E-state index contributed by atoms with van der Waals surface area (Å²) in [6.45, 7) is 8.10. The molecule has 0 aliphatic carbocycles. The van der Waals surface area contributed by atoms with Gasteiger partial charge in [-0.25, -0.2) is 0 Å². The molecule has 22 heavy (non-hydrogen) atoms. The molecule has 5 nitrogen and oxygen atoms in total. The van der Waals surface area contributed by atoms with Gasteiger partial charge in [-0.1, -0.05) is 12.1 Å². The van der Waals surface area contributed by atoms with Crippen molar-refractivity contribution in [2.45, 2.75) is 19.4 Å². The van der Waals surface area contributed by atoms with Crippen molar-refractivity contribution in [3.8, 4) is 11.5 Å². The third kappa shape index (κ3) is 4.24. The normalized spacial score (nSPS) is 17.9. The molecule has 0 spiro atoms. The molecule has 0 aromatic heterocycles. The van der Waals surface area contributed by atoms with Crippen molar-refractivity contribution in [2.24, 2.45) is 0 Å². The molecule has 1 unspecified atom stereocenters. The Morgan fingerprint density at radius 1 is 1.50 bits per heavy atom. The quantitative estimate of drug-likeness (QED) is 0.812. The molecule has 2 rings (SSSR count). The fourth-order valence-corrected chi connectivity index (χ4v) is 2.51. The van der Waals surface area contributed by atoms with E-state index >= 15 is 0 Å². The maximum absolute atomic E-state index is 12.2. The van der Waals surface area contributed by atoms with Gasteiger partial charge < -0.3 is 19.7 Å². The van der Waals surface area contributed by atoms with Crippen molar-refractivity contribution in [3.63, 3.8) is 0 Å². The second-order valence-corrected chi connectivity index (χ2v) is 5.46. The summed E-state index contributed by atoms with van der Waals surface area (Å²) in [6.07, 6.45) is 2.61. The lowest BCUT2D eigenvalue weighted by Crippen LogP contribution is -2.52. The zero-order valence-corrected chi connectivity index (χ0v) is 13.3. The van der Waals surface area contributed by atoms with Crippen molar-refractivity contribution in [2.75, 3.05) is 33.4 Å². The van der Waals surface area contributed by atoms with Crippen LogP contribution < -0.4 is 14.8 Å². The number of allylic oxidation sites excluding steroid dienone is 1. The van der Waals surface area contributed by atoms with E-state index in [1.54, 1.807) is 7.11 Å². The molecule has 1 saturated heterocycles. The minimum absolute atomic E-state index is 0.00516. The van der Waals surface area contributed by atoms with Crippen LogP contribution in [0, 0.1) is 0 Å². The van der Waals surface area contributed by atoms with Gasteiger partial charge in [0.2, 0.25) is 0 Å². The third-order valence-electron chi connectivity index (χ3n) is 3.68. The van der Waals surface area contributed by atoms with Crippen LogP contribution in [-0.4, -0.2) is 50.2 Å². The summed E-state index contributed by atoms with van der Waals surface area (Å²) in [5.41, 5.74) is 1.10. The van der Waals surface area contributed by atoms with Gasteiger partial charge in [0.05, 0.1) is 7.11 Å². The van der Waals surface area contributed by atoms with Crippen molar-refractivity contribution in [1.82, 2.24) is 10.2 Å². The first-order valence-electron chi connectivity index (χ1n) is 7.55. The second-order valence-electron chi connectivity index (χ2n) is 5.46. The van der Waals surface area contributed by atoms with E-state index in [0.29, 0.717) is 17.5 Å². The van der Waals surface area contributed by atoms with Crippen LogP contribution >= 0.6 is 0 Å².